The maximum atomic E-state index is 13.2. The molecule has 1 aromatic heterocycles. The minimum atomic E-state index is -1.95. The highest BCUT2D eigenvalue weighted by molar-refractivity contribution is 6.31. The summed E-state index contributed by atoms with van der Waals surface area (Å²) in [7, 11) is 0. The van der Waals surface area contributed by atoms with Gasteiger partial charge >= 0.3 is 0 Å². The Morgan fingerprint density at radius 3 is 2.54 bits per heavy atom. The number of aliphatic hydroxyl groups is 1. The number of para-hydroxylation sites is 1. The Balaban J connectivity index is 1.70. The molecule has 0 aliphatic carbocycles. The van der Waals surface area contributed by atoms with Crippen LogP contribution in [0.4, 0.5) is 5.69 Å². The van der Waals surface area contributed by atoms with E-state index >= 15 is 0 Å². The van der Waals surface area contributed by atoms with Crippen LogP contribution in [0.25, 0.3) is 0 Å². The van der Waals surface area contributed by atoms with E-state index in [9.17, 15) is 14.7 Å². The number of furan rings is 1. The van der Waals surface area contributed by atoms with E-state index in [1.54, 1.807) is 49.4 Å². The molecule has 2 aromatic carbocycles. The van der Waals surface area contributed by atoms with Gasteiger partial charge in [0.1, 0.15) is 5.76 Å². The molecule has 3 aromatic rings. The van der Waals surface area contributed by atoms with Crippen molar-refractivity contribution in [3.05, 3.63) is 88.3 Å². The lowest BCUT2D eigenvalue weighted by Gasteiger charge is -2.22. The Kier molecular flexibility index (Phi) is 4.57. The molecule has 0 fully saturated rings. The summed E-state index contributed by atoms with van der Waals surface area (Å²) in [5, 5.41) is 11.8. The van der Waals surface area contributed by atoms with Crippen molar-refractivity contribution in [3.8, 4) is 0 Å². The first-order valence-corrected chi connectivity index (χ1v) is 9.25. The highest BCUT2D eigenvalue weighted by atomic mass is 35.5. The summed E-state index contributed by atoms with van der Waals surface area (Å²) < 4.78 is 5.36. The predicted molar refractivity (Wildman–Crippen MR) is 105 cm³/mol. The SMILES string of the molecule is Cc1ccc(C(=O)C[C@]2(O)C(=O)N(Cc3ccccc3Cl)c3ccccc32)o1. The van der Waals surface area contributed by atoms with E-state index in [0.29, 0.717) is 22.0 Å². The van der Waals surface area contributed by atoms with Crippen LogP contribution >= 0.6 is 11.6 Å². The van der Waals surface area contributed by atoms with Gasteiger partial charge in [0.15, 0.2) is 11.4 Å². The maximum Gasteiger partial charge on any atom is 0.264 e. The number of hydrogen-bond donors (Lipinski definition) is 1. The number of Topliss-reactive ketones (excluding diaryl/α,β-unsaturated/α-hetero) is 1. The van der Waals surface area contributed by atoms with Gasteiger partial charge in [-0.05, 0) is 36.8 Å². The van der Waals surface area contributed by atoms with E-state index in [1.165, 1.54) is 4.90 Å². The first kappa shape index (κ1) is 18.5. The number of rotatable bonds is 5. The van der Waals surface area contributed by atoms with Gasteiger partial charge in [-0.3, -0.25) is 9.59 Å². The molecule has 2 heterocycles. The van der Waals surface area contributed by atoms with Gasteiger partial charge < -0.3 is 14.4 Å². The van der Waals surface area contributed by atoms with Crippen LogP contribution in [0, 0.1) is 6.92 Å². The number of ketones is 1. The van der Waals surface area contributed by atoms with Crippen LogP contribution in [0.2, 0.25) is 5.02 Å². The molecule has 1 amide bonds. The van der Waals surface area contributed by atoms with Gasteiger partial charge in [0.25, 0.3) is 5.91 Å². The molecule has 1 atom stereocenters. The van der Waals surface area contributed by atoms with Crippen LogP contribution in [0.1, 0.15) is 33.9 Å². The Morgan fingerprint density at radius 2 is 1.82 bits per heavy atom. The summed E-state index contributed by atoms with van der Waals surface area (Å²) in [4.78, 5) is 27.3. The lowest BCUT2D eigenvalue weighted by atomic mass is 9.89. The number of hydrogen-bond acceptors (Lipinski definition) is 4. The predicted octanol–water partition coefficient (Wildman–Crippen LogP) is 4.25. The molecule has 5 nitrogen and oxygen atoms in total. The zero-order valence-corrected chi connectivity index (χ0v) is 15.9. The van der Waals surface area contributed by atoms with Gasteiger partial charge in [0, 0.05) is 10.6 Å². The minimum Gasteiger partial charge on any atom is -0.458 e. The number of aryl methyl sites for hydroxylation is 1. The zero-order valence-electron chi connectivity index (χ0n) is 15.2. The van der Waals surface area contributed by atoms with Crippen molar-refractivity contribution in [2.75, 3.05) is 4.90 Å². The van der Waals surface area contributed by atoms with Crippen molar-refractivity contribution >= 4 is 29.0 Å². The largest absolute Gasteiger partial charge is 0.458 e. The van der Waals surface area contributed by atoms with Crippen LogP contribution in [-0.2, 0) is 16.9 Å². The number of anilines is 1. The molecule has 1 aliphatic rings. The number of halogens is 1. The van der Waals surface area contributed by atoms with E-state index in [4.69, 9.17) is 16.0 Å². The molecule has 0 saturated carbocycles. The molecule has 0 spiro atoms. The minimum absolute atomic E-state index is 0.126. The fraction of sp³-hybridized carbons (Fsp3) is 0.182. The van der Waals surface area contributed by atoms with Gasteiger partial charge in [-0.1, -0.05) is 48.0 Å². The highest BCUT2D eigenvalue weighted by Crippen LogP contribution is 2.43. The summed E-state index contributed by atoms with van der Waals surface area (Å²) in [6, 6.07) is 17.4. The third-order valence-corrected chi connectivity index (χ3v) is 5.33. The summed E-state index contributed by atoms with van der Waals surface area (Å²) in [5.74, 6) is -0.266. The van der Waals surface area contributed by atoms with Crippen LogP contribution in [-0.4, -0.2) is 16.8 Å². The lowest BCUT2D eigenvalue weighted by molar-refractivity contribution is -0.136. The normalized spacial score (nSPS) is 18.4. The maximum absolute atomic E-state index is 13.2. The molecule has 142 valence electrons. The Bertz CT molecular complexity index is 1070. The van der Waals surface area contributed by atoms with Gasteiger partial charge in [0.2, 0.25) is 5.78 Å². The Hall–Kier alpha value is -2.89. The first-order valence-electron chi connectivity index (χ1n) is 8.87. The molecule has 28 heavy (non-hydrogen) atoms. The molecule has 0 bridgehead atoms. The quantitative estimate of drug-likeness (QED) is 0.655. The molecular formula is C22H18ClNO4. The van der Waals surface area contributed by atoms with E-state index in [0.717, 1.165) is 5.56 Å². The summed E-state index contributed by atoms with van der Waals surface area (Å²) in [5.41, 5.74) is -0.220. The monoisotopic (exact) mass is 395 g/mol. The standard InChI is InChI=1S/C22H18ClNO4/c1-14-10-11-20(28-14)19(25)12-22(27)16-7-3-5-9-18(16)24(21(22)26)13-15-6-2-4-8-17(15)23/h2-11,27H,12-13H2,1H3/t22-/m1/s1. The van der Waals surface area contributed by atoms with E-state index in [2.05, 4.69) is 0 Å². The lowest BCUT2D eigenvalue weighted by Crippen LogP contribution is -2.41. The number of benzene rings is 2. The Morgan fingerprint density at radius 1 is 1.11 bits per heavy atom. The molecular weight excluding hydrogens is 378 g/mol. The average Bonchev–Trinajstić information content (AvgIpc) is 3.20. The summed E-state index contributed by atoms with van der Waals surface area (Å²) in [6.07, 6.45) is -0.394. The molecule has 0 saturated heterocycles. The van der Waals surface area contributed by atoms with E-state index < -0.39 is 23.7 Å². The molecule has 1 aliphatic heterocycles. The van der Waals surface area contributed by atoms with Crippen molar-refractivity contribution in [2.24, 2.45) is 0 Å². The number of nitrogens with zero attached hydrogens (tertiary/aromatic N) is 1. The van der Waals surface area contributed by atoms with Crippen molar-refractivity contribution in [1.82, 2.24) is 0 Å². The second kappa shape index (κ2) is 6.93. The van der Waals surface area contributed by atoms with Gasteiger partial charge in [-0.15, -0.1) is 0 Å². The van der Waals surface area contributed by atoms with Gasteiger partial charge in [-0.25, -0.2) is 0 Å². The van der Waals surface area contributed by atoms with Crippen LogP contribution < -0.4 is 4.90 Å². The van der Waals surface area contributed by atoms with Crippen molar-refractivity contribution < 1.29 is 19.1 Å². The number of carbonyl (C=O) groups is 2. The van der Waals surface area contributed by atoms with E-state index in [-0.39, 0.29) is 12.3 Å². The third kappa shape index (κ3) is 3.03. The first-order chi connectivity index (χ1) is 13.4. The average molecular weight is 396 g/mol. The molecule has 0 radical (unpaired) electrons. The van der Waals surface area contributed by atoms with Crippen LogP contribution in [0.5, 0.6) is 0 Å². The molecule has 1 N–H and O–H groups in total. The number of amides is 1. The summed E-state index contributed by atoms with van der Waals surface area (Å²) >= 11 is 6.25. The topological polar surface area (TPSA) is 70.8 Å². The summed E-state index contributed by atoms with van der Waals surface area (Å²) in [6.45, 7) is 1.93. The van der Waals surface area contributed by atoms with Crippen LogP contribution in [0.3, 0.4) is 0 Å². The fourth-order valence-corrected chi connectivity index (χ4v) is 3.73. The van der Waals surface area contributed by atoms with Crippen molar-refractivity contribution in [2.45, 2.75) is 25.5 Å². The second-order valence-corrected chi connectivity index (χ2v) is 7.28. The Labute approximate surface area is 167 Å². The van der Waals surface area contributed by atoms with Crippen molar-refractivity contribution in [1.29, 1.82) is 0 Å². The number of carbonyl (C=O) groups excluding carboxylic acids is 2. The zero-order chi connectivity index (χ0) is 19.9. The number of fused-ring (bicyclic) bond motifs is 1. The smallest absolute Gasteiger partial charge is 0.264 e. The van der Waals surface area contributed by atoms with Crippen molar-refractivity contribution in [3.63, 3.8) is 0 Å². The molecule has 6 heteroatoms. The molecule has 4 rings (SSSR count). The third-order valence-electron chi connectivity index (χ3n) is 4.96. The fourth-order valence-electron chi connectivity index (χ4n) is 3.54. The highest BCUT2D eigenvalue weighted by Gasteiger charge is 2.51. The second-order valence-electron chi connectivity index (χ2n) is 6.87. The van der Waals surface area contributed by atoms with E-state index in [1.807, 2.05) is 18.2 Å². The van der Waals surface area contributed by atoms with Gasteiger partial charge in [-0.2, -0.15) is 0 Å². The van der Waals surface area contributed by atoms with Crippen LogP contribution in [0.15, 0.2) is 65.1 Å². The molecule has 0 unspecified atom stereocenters. The van der Waals surface area contributed by atoms with Gasteiger partial charge in [0.05, 0.1) is 18.7 Å².